The molecule has 0 bridgehead atoms. The second-order valence-electron chi connectivity index (χ2n) is 10.7. The summed E-state index contributed by atoms with van der Waals surface area (Å²) in [6, 6.07) is 4.85. The van der Waals surface area contributed by atoms with Gasteiger partial charge in [0, 0.05) is 36.7 Å². The number of aryl methyl sites for hydroxylation is 1. The molecule has 0 unspecified atom stereocenters. The largest absolute Gasteiger partial charge is 0.444 e. The van der Waals surface area contributed by atoms with Gasteiger partial charge in [0.25, 0.3) is 12.0 Å². The number of amides is 1. The SMILES string of the molecule is C[C@@H](Nc1ncnc2c1cc(C1(C)CN(C(=O)OC(C)(C)C)C1)c(=O)n2C)c1cccc(C(F)F)c1F. The Kier molecular flexibility index (Phi) is 6.68. The molecule has 0 aliphatic carbocycles. The molecule has 4 rings (SSSR count). The van der Waals surface area contributed by atoms with E-state index >= 15 is 0 Å². The van der Waals surface area contributed by atoms with E-state index < -0.39 is 41.0 Å². The summed E-state index contributed by atoms with van der Waals surface area (Å²) in [6.45, 7) is 9.47. The van der Waals surface area contributed by atoms with E-state index in [1.165, 1.54) is 27.9 Å². The van der Waals surface area contributed by atoms with E-state index in [4.69, 9.17) is 4.74 Å². The first-order valence-electron chi connectivity index (χ1n) is 11.9. The van der Waals surface area contributed by atoms with Crippen LogP contribution in [-0.2, 0) is 17.2 Å². The van der Waals surface area contributed by atoms with Gasteiger partial charge < -0.3 is 15.0 Å². The lowest BCUT2D eigenvalue weighted by Gasteiger charge is -2.47. The number of hydrogen-bond donors (Lipinski definition) is 1. The minimum atomic E-state index is -2.94. The zero-order valence-corrected chi connectivity index (χ0v) is 21.6. The number of carbonyl (C=O) groups is 1. The summed E-state index contributed by atoms with van der Waals surface area (Å²) in [5.74, 6) is -0.656. The second-order valence-corrected chi connectivity index (χ2v) is 10.7. The average molecular weight is 518 g/mol. The molecule has 1 amide bonds. The van der Waals surface area contributed by atoms with Gasteiger partial charge >= 0.3 is 6.09 Å². The third-order valence-electron chi connectivity index (χ3n) is 6.50. The van der Waals surface area contributed by atoms with Crippen LogP contribution in [0.4, 0.5) is 23.8 Å². The molecule has 198 valence electrons. The van der Waals surface area contributed by atoms with E-state index in [1.54, 1.807) is 40.8 Å². The lowest BCUT2D eigenvalue weighted by molar-refractivity contribution is -0.00677. The normalized spacial score (nSPS) is 16.0. The van der Waals surface area contributed by atoms with Gasteiger partial charge in [-0.2, -0.15) is 0 Å². The molecule has 0 radical (unpaired) electrons. The van der Waals surface area contributed by atoms with E-state index in [2.05, 4.69) is 15.3 Å². The van der Waals surface area contributed by atoms with Gasteiger partial charge in [-0.25, -0.2) is 27.9 Å². The first-order valence-corrected chi connectivity index (χ1v) is 11.9. The van der Waals surface area contributed by atoms with Crippen molar-refractivity contribution in [2.75, 3.05) is 18.4 Å². The zero-order chi connectivity index (χ0) is 27.3. The average Bonchev–Trinajstić information content (AvgIpc) is 2.78. The van der Waals surface area contributed by atoms with Crippen molar-refractivity contribution in [2.24, 2.45) is 7.05 Å². The molecule has 1 aliphatic rings. The first-order chi connectivity index (χ1) is 17.2. The predicted molar refractivity (Wildman–Crippen MR) is 133 cm³/mol. The Hall–Kier alpha value is -3.63. The van der Waals surface area contributed by atoms with Crippen LogP contribution in [0, 0.1) is 5.82 Å². The Morgan fingerprint density at radius 3 is 2.46 bits per heavy atom. The predicted octanol–water partition coefficient (Wildman–Crippen LogP) is 5.09. The van der Waals surface area contributed by atoms with E-state index in [-0.39, 0.29) is 11.1 Å². The van der Waals surface area contributed by atoms with Crippen LogP contribution in [0.3, 0.4) is 0 Å². The second kappa shape index (κ2) is 9.35. The molecule has 1 aromatic carbocycles. The van der Waals surface area contributed by atoms with Crippen molar-refractivity contribution in [3.8, 4) is 0 Å². The van der Waals surface area contributed by atoms with Crippen molar-refractivity contribution in [1.82, 2.24) is 19.4 Å². The van der Waals surface area contributed by atoms with Crippen molar-refractivity contribution in [3.63, 3.8) is 0 Å². The van der Waals surface area contributed by atoms with E-state index in [0.717, 1.165) is 6.07 Å². The summed E-state index contributed by atoms with van der Waals surface area (Å²) in [6.07, 6.45) is -2.11. The van der Waals surface area contributed by atoms with Crippen LogP contribution in [0.5, 0.6) is 0 Å². The van der Waals surface area contributed by atoms with E-state index in [9.17, 15) is 22.8 Å². The van der Waals surface area contributed by atoms with Gasteiger partial charge in [0.15, 0.2) is 0 Å². The number of carbonyl (C=O) groups excluding carboxylic acids is 1. The van der Waals surface area contributed by atoms with Crippen LogP contribution in [0.2, 0.25) is 0 Å². The summed E-state index contributed by atoms with van der Waals surface area (Å²) in [5.41, 5.74) is -1.30. The molecule has 2 aromatic heterocycles. The number of likely N-dealkylation sites (tertiary alicyclic amines) is 1. The van der Waals surface area contributed by atoms with Gasteiger partial charge in [0.2, 0.25) is 0 Å². The minimum Gasteiger partial charge on any atom is -0.444 e. The van der Waals surface area contributed by atoms with Crippen molar-refractivity contribution in [1.29, 1.82) is 0 Å². The third kappa shape index (κ3) is 4.99. The van der Waals surface area contributed by atoms with Gasteiger partial charge in [-0.15, -0.1) is 0 Å². The number of anilines is 1. The monoisotopic (exact) mass is 517 g/mol. The lowest BCUT2D eigenvalue weighted by atomic mass is 9.76. The van der Waals surface area contributed by atoms with E-state index in [1.807, 2.05) is 6.92 Å². The number of pyridine rings is 1. The van der Waals surface area contributed by atoms with Crippen molar-refractivity contribution in [2.45, 2.75) is 58.1 Å². The van der Waals surface area contributed by atoms with Gasteiger partial charge in [-0.05, 0) is 33.8 Å². The Balaban J connectivity index is 1.68. The van der Waals surface area contributed by atoms with Crippen LogP contribution >= 0.6 is 0 Å². The Morgan fingerprint density at radius 1 is 1.19 bits per heavy atom. The molecule has 0 saturated carbocycles. The van der Waals surface area contributed by atoms with Gasteiger partial charge in [-0.1, -0.05) is 25.1 Å². The van der Waals surface area contributed by atoms with Crippen LogP contribution in [0.1, 0.15) is 63.8 Å². The molecule has 1 atom stereocenters. The van der Waals surface area contributed by atoms with Crippen LogP contribution in [-0.4, -0.2) is 44.2 Å². The van der Waals surface area contributed by atoms with E-state index in [0.29, 0.717) is 35.5 Å². The fourth-order valence-electron chi connectivity index (χ4n) is 4.59. The summed E-state index contributed by atoms with van der Waals surface area (Å²) >= 11 is 0. The summed E-state index contributed by atoms with van der Waals surface area (Å²) in [5, 5.41) is 3.59. The quantitative estimate of drug-likeness (QED) is 0.507. The van der Waals surface area contributed by atoms with Crippen LogP contribution in [0.25, 0.3) is 11.0 Å². The molecular formula is C26H30F3N5O3. The van der Waals surface area contributed by atoms with Crippen LogP contribution in [0.15, 0.2) is 35.4 Å². The number of nitrogens with one attached hydrogen (secondary N) is 1. The number of halogens is 3. The number of rotatable bonds is 5. The first kappa shape index (κ1) is 26.4. The van der Waals surface area contributed by atoms with Crippen molar-refractivity contribution < 1.29 is 22.7 Å². The number of ether oxygens (including phenoxy) is 1. The van der Waals surface area contributed by atoms with Crippen LogP contribution < -0.4 is 10.9 Å². The molecule has 3 heterocycles. The summed E-state index contributed by atoms with van der Waals surface area (Å²) in [4.78, 5) is 35.8. The standard InChI is InChI=1S/C26H30F3N5O3/c1-14(15-8-7-9-16(19(15)27)20(28)29)32-21-17-10-18(23(35)33(6)22(17)31-13-30-21)26(5)11-34(12-26)24(36)37-25(2,3)4/h7-10,13-14,20H,11-12H2,1-6H3,(H,30,31,32)/t14-/m1/s1. The molecule has 1 aliphatic heterocycles. The third-order valence-corrected chi connectivity index (χ3v) is 6.50. The maximum atomic E-state index is 14.7. The van der Waals surface area contributed by atoms with Gasteiger partial charge in [0.1, 0.15) is 29.2 Å². The number of fused-ring (bicyclic) bond motifs is 1. The smallest absolute Gasteiger partial charge is 0.410 e. The topological polar surface area (TPSA) is 89.4 Å². The van der Waals surface area contributed by atoms with Gasteiger partial charge in [0.05, 0.1) is 17.0 Å². The molecular weight excluding hydrogens is 487 g/mol. The highest BCUT2D eigenvalue weighted by Crippen LogP contribution is 2.36. The number of nitrogens with zero attached hydrogens (tertiary/aromatic N) is 4. The molecule has 8 nitrogen and oxygen atoms in total. The maximum Gasteiger partial charge on any atom is 0.410 e. The zero-order valence-electron chi connectivity index (χ0n) is 21.6. The molecule has 37 heavy (non-hydrogen) atoms. The Morgan fingerprint density at radius 2 is 1.84 bits per heavy atom. The lowest BCUT2D eigenvalue weighted by Crippen LogP contribution is -2.62. The minimum absolute atomic E-state index is 0.0635. The fourth-order valence-corrected chi connectivity index (χ4v) is 4.59. The molecule has 3 aromatic rings. The summed E-state index contributed by atoms with van der Waals surface area (Å²) < 4.78 is 48.0. The number of alkyl halides is 2. The number of hydrogen-bond acceptors (Lipinski definition) is 6. The number of aromatic nitrogens is 3. The van der Waals surface area contributed by atoms with Crippen molar-refractivity contribution in [3.05, 3.63) is 63.5 Å². The molecule has 11 heteroatoms. The highest BCUT2D eigenvalue weighted by Gasteiger charge is 2.46. The Labute approximate surface area is 212 Å². The number of benzene rings is 1. The maximum absolute atomic E-state index is 14.7. The summed E-state index contributed by atoms with van der Waals surface area (Å²) in [7, 11) is 1.59. The molecule has 1 fully saturated rings. The van der Waals surface area contributed by atoms with Crippen molar-refractivity contribution >= 4 is 22.9 Å². The molecule has 1 N–H and O–H groups in total. The Bertz CT molecular complexity index is 1410. The highest BCUT2D eigenvalue weighted by atomic mass is 19.3. The van der Waals surface area contributed by atoms with Gasteiger partial charge in [-0.3, -0.25) is 9.36 Å². The molecule has 0 spiro atoms. The highest BCUT2D eigenvalue weighted by molar-refractivity contribution is 5.87. The molecule has 1 saturated heterocycles. The fraction of sp³-hybridized carbons (Fsp3) is 0.462.